The Bertz CT molecular complexity index is 823. The van der Waals surface area contributed by atoms with Crippen LogP contribution in [0.5, 0.6) is 11.8 Å². The van der Waals surface area contributed by atoms with E-state index in [1.54, 1.807) is 12.4 Å². The van der Waals surface area contributed by atoms with Crippen molar-refractivity contribution in [3.63, 3.8) is 0 Å². The SMILES string of the molecule is Cc1ccc(-c2cnc(Oc3ccc4c(c3)CCC4)nc2)cc1. The van der Waals surface area contributed by atoms with Crippen molar-refractivity contribution in [3.8, 4) is 22.9 Å². The lowest BCUT2D eigenvalue weighted by molar-refractivity contribution is 0.441. The lowest BCUT2D eigenvalue weighted by Gasteiger charge is -2.07. The van der Waals surface area contributed by atoms with Gasteiger partial charge in [0.1, 0.15) is 5.75 Å². The molecule has 1 aliphatic rings. The van der Waals surface area contributed by atoms with Crippen LogP contribution < -0.4 is 4.74 Å². The van der Waals surface area contributed by atoms with Crippen molar-refractivity contribution in [3.05, 3.63) is 71.5 Å². The Labute approximate surface area is 136 Å². The standard InChI is InChI=1S/C20H18N2O/c1-14-5-7-16(8-6-14)18-12-21-20(22-13-18)23-19-10-9-15-3-2-4-17(15)11-19/h5-13H,2-4H2,1H3. The normalized spacial score (nSPS) is 12.9. The van der Waals surface area contributed by atoms with Crippen LogP contribution in [0.1, 0.15) is 23.1 Å². The third-order valence-corrected chi connectivity index (χ3v) is 4.29. The first-order valence-corrected chi connectivity index (χ1v) is 7.97. The molecule has 0 saturated carbocycles. The Hall–Kier alpha value is -2.68. The van der Waals surface area contributed by atoms with Crippen LogP contribution in [0.15, 0.2) is 54.9 Å². The average molecular weight is 302 g/mol. The second-order valence-corrected chi connectivity index (χ2v) is 6.01. The largest absolute Gasteiger partial charge is 0.424 e. The molecule has 0 saturated heterocycles. The van der Waals surface area contributed by atoms with E-state index in [0.29, 0.717) is 6.01 Å². The lowest BCUT2D eigenvalue weighted by atomic mass is 10.1. The van der Waals surface area contributed by atoms with Gasteiger partial charge in [-0.2, -0.15) is 0 Å². The minimum absolute atomic E-state index is 0.388. The second kappa shape index (κ2) is 5.84. The molecule has 2 aromatic carbocycles. The van der Waals surface area contributed by atoms with Crippen LogP contribution in [-0.2, 0) is 12.8 Å². The fraction of sp³-hybridized carbons (Fsp3) is 0.200. The molecule has 0 radical (unpaired) electrons. The molecule has 3 heteroatoms. The van der Waals surface area contributed by atoms with Gasteiger partial charge in [0.05, 0.1) is 0 Å². The molecule has 0 fully saturated rings. The van der Waals surface area contributed by atoms with Gasteiger partial charge in [-0.05, 0) is 55.0 Å². The van der Waals surface area contributed by atoms with Crippen molar-refractivity contribution in [2.24, 2.45) is 0 Å². The van der Waals surface area contributed by atoms with E-state index in [1.807, 2.05) is 6.07 Å². The summed E-state index contributed by atoms with van der Waals surface area (Å²) in [6.45, 7) is 2.08. The fourth-order valence-electron chi connectivity index (χ4n) is 2.98. The zero-order valence-electron chi connectivity index (χ0n) is 13.1. The maximum atomic E-state index is 5.79. The summed E-state index contributed by atoms with van der Waals surface area (Å²) in [7, 11) is 0. The minimum atomic E-state index is 0.388. The maximum Gasteiger partial charge on any atom is 0.321 e. The summed E-state index contributed by atoms with van der Waals surface area (Å²) in [6, 6.07) is 15.0. The van der Waals surface area contributed by atoms with Gasteiger partial charge in [0.25, 0.3) is 0 Å². The molecule has 114 valence electrons. The second-order valence-electron chi connectivity index (χ2n) is 6.01. The van der Waals surface area contributed by atoms with Gasteiger partial charge >= 0.3 is 6.01 Å². The molecule has 1 heterocycles. The Kier molecular flexibility index (Phi) is 3.54. The maximum absolute atomic E-state index is 5.79. The Morgan fingerprint density at radius 1 is 0.826 bits per heavy atom. The van der Waals surface area contributed by atoms with Crippen LogP contribution in [0, 0.1) is 6.92 Å². The van der Waals surface area contributed by atoms with Crippen LogP contribution in [0.3, 0.4) is 0 Å². The number of hydrogen-bond donors (Lipinski definition) is 0. The Morgan fingerprint density at radius 3 is 2.35 bits per heavy atom. The van der Waals surface area contributed by atoms with E-state index in [0.717, 1.165) is 23.3 Å². The van der Waals surface area contributed by atoms with Gasteiger partial charge in [0, 0.05) is 18.0 Å². The number of aromatic nitrogens is 2. The van der Waals surface area contributed by atoms with Crippen LogP contribution in [0.25, 0.3) is 11.1 Å². The molecule has 1 aromatic heterocycles. The first-order valence-electron chi connectivity index (χ1n) is 7.97. The number of nitrogens with zero attached hydrogens (tertiary/aromatic N) is 2. The van der Waals surface area contributed by atoms with Crippen LogP contribution in [0.4, 0.5) is 0 Å². The highest BCUT2D eigenvalue weighted by molar-refractivity contribution is 5.61. The van der Waals surface area contributed by atoms with E-state index >= 15 is 0 Å². The smallest absolute Gasteiger partial charge is 0.321 e. The van der Waals surface area contributed by atoms with E-state index in [9.17, 15) is 0 Å². The number of benzene rings is 2. The molecule has 0 aliphatic heterocycles. The zero-order chi connectivity index (χ0) is 15.6. The van der Waals surface area contributed by atoms with Gasteiger partial charge < -0.3 is 4.74 Å². The molecule has 1 aliphatic carbocycles. The van der Waals surface area contributed by atoms with Crippen molar-refractivity contribution in [2.75, 3.05) is 0 Å². The molecule has 0 bridgehead atoms. The first-order chi connectivity index (χ1) is 11.3. The molecular weight excluding hydrogens is 284 g/mol. The Morgan fingerprint density at radius 2 is 1.57 bits per heavy atom. The highest BCUT2D eigenvalue weighted by Gasteiger charge is 2.12. The van der Waals surface area contributed by atoms with E-state index in [4.69, 9.17) is 4.74 Å². The van der Waals surface area contributed by atoms with Gasteiger partial charge in [-0.25, -0.2) is 9.97 Å². The summed E-state index contributed by atoms with van der Waals surface area (Å²) in [4.78, 5) is 8.67. The number of rotatable bonds is 3. The third-order valence-electron chi connectivity index (χ3n) is 4.29. The fourth-order valence-corrected chi connectivity index (χ4v) is 2.98. The van der Waals surface area contributed by atoms with Crippen molar-refractivity contribution < 1.29 is 4.74 Å². The highest BCUT2D eigenvalue weighted by Crippen LogP contribution is 2.28. The van der Waals surface area contributed by atoms with Gasteiger partial charge in [-0.15, -0.1) is 0 Å². The molecule has 0 amide bonds. The average Bonchev–Trinajstić information content (AvgIpc) is 3.04. The van der Waals surface area contributed by atoms with E-state index in [-0.39, 0.29) is 0 Å². The predicted molar refractivity (Wildman–Crippen MR) is 90.7 cm³/mol. The summed E-state index contributed by atoms with van der Waals surface area (Å²) in [5, 5.41) is 0. The molecule has 0 spiro atoms. The molecule has 3 aromatic rings. The van der Waals surface area contributed by atoms with E-state index in [1.165, 1.54) is 29.5 Å². The van der Waals surface area contributed by atoms with Crippen molar-refractivity contribution in [2.45, 2.75) is 26.2 Å². The molecule has 23 heavy (non-hydrogen) atoms. The lowest BCUT2D eigenvalue weighted by Crippen LogP contribution is -1.93. The highest BCUT2D eigenvalue weighted by atomic mass is 16.5. The van der Waals surface area contributed by atoms with E-state index < -0.39 is 0 Å². The van der Waals surface area contributed by atoms with Gasteiger partial charge in [0.2, 0.25) is 0 Å². The predicted octanol–water partition coefficient (Wildman–Crippen LogP) is 4.73. The summed E-state index contributed by atoms with van der Waals surface area (Å²) >= 11 is 0. The monoisotopic (exact) mass is 302 g/mol. The number of fused-ring (bicyclic) bond motifs is 1. The minimum Gasteiger partial charge on any atom is -0.424 e. The zero-order valence-corrected chi connectivity index (χ0v) is 13.1. The van der Waals surface area contributed by atoms with Crippen LogP contribution in [-0.4, -0.2) is 9.97 Å². The summed E-state index contributed by atoms with van der Waals surface area (Å²) in [5.41, 5.74) is 6.17. The van der Waals surface area contributed by atoms with Crippen molar-refractivity contribution in [1.29, 1.82) is 0 Å². The summed E-state index contributed by atoms with van der Waals surface area (Å²) in [6.07, 6.45) is 7.17. The molecular formula is C20H18N2O. The molecule has 0 N–H and O–H groups in total. The summed E-state index contributed by atoms with van der Waals surface area (Å²) < 4.78 is 5.79. The molecule has 0 unspecified atom stereocenters. The van der Waals surface area contributed by atoms with Crippen molar-refractivity contribution in [1.82, 2.24) is 9.97 Å². The quantitative estimate of drug-likeness (QED) is 0.701. The van der Waals surface area contributed by atoms with Gasteiger partial charge in [-0.1, -0.05) is 35.9 Å². The van der Waals surface area contributed by atoms with Crippen LogP contribution >= 0.6 is 0 Å². The topological polar surface area (TPSA) is 35.0 Å². The summed E-state index contributed by atoms with van der Waals surface area (Å²) in [5.74, 6) is 0.814. The number of aryl methyl sites for hydroxylation is 3. The third kappa shape index (κ3) is 2.95. The number of hydrogen-bond acceptors (Lipinski definition) is 3. The van der Waals surface area contributed by atoms with Crippen LogP contribution in [0.2, 0.25) is 0 Å². The first kappa shape index (κ1) is 13.9. The van der Waals surface area contributed by atoms with Crippen molar-refractivity contribution >= 4 is 0 Å². The molecule has 3 nitrogen and oxygen atoms in total. The van der Waals surface area contributed by atoms with E-state index in [2.05, 4.69) is 53.3 Å². The molecule has 4 rings (SSSR count). The Balaban J connectivity index is 1.53. The molecule has 0 atom stereocenters. The van der Waals surface area contributed by atoms with Gasteiger partial charge in [0.15, 0.2) is 0 Å². The van der Waals surface area contributed by atoms with Gasteiger partial charge in [-0.3, -0.25) is 0 Å². The number of ether oxygens (including phenoxy) is 1.